The Labute approximate surface area is 124 Å². The zero-order valence-electron chi connectivity index (χ0n) is 12.5. The van der Waals surface area contributed by atoms with E-state index in [9.17, 15) is 9.59 Å². The average Bonchev–Trinajstić information content (AvgIpc) is 2.42. The van der Waals surface area contributed by atoms with Gasteiger partial charge in [0.15, 0.2) is 6.10 Å². The molecule has 2 aliphatic rings. The third-order valence-electron chi connectivity index (χ3n) is 3.53. The second-order valence-corrected chi connectivity index (χ2v) is 5.42. The monoisotopic (exact) mass is 294 g/mol. The molecule has 0 unspecified atom stereocenters. The van der Waals surface area contributed by atoms with Crippen molar-refractivity contribution in [3.05, 3.63) is 23.8 Å². The molecule has 21 heavy (non-hydrogen) atoms. The van der Waals surface area contributed by atoms with Gasteiger partial charge in [0, 0.05) is 13.8 Å². The second-order valence-electron chi connectivity index (χ2n) is 5.42. The topological polar surface area (TPSA) is 61.8 Å². The largest absolute Gasteiger partial charge is 0.452 e. The van der Waals surface area contributed by atoms with Crippen molar-refractivity contribution < 1.29 is 23.8 Å². The van der Waals surface area contributed by atoms with E-state index in [1.54, 1.807) is 6.08 Å². The summed E-state index contributed by atoms with van der Waals surface area (Å²) in [7, 11) is 0. The Hall–Kier alpha value is -1.62. The number of esters is 2. The Morgan fingerprint density at radius 1 is 1.19 bits per heavy atom. The fraction of sp³-hybridized carbons (Fsp3) is 0.625. The third kappa shape index (κ3) is 5.01. The molecular formula is C16H22O5. The summed E-state index contributed by atoms with van der Waals surface area (Å²) in [5, 5.41) is 0. The molecule has 0 radical (unpaired) electrons. The van der Waals surface area contributed by atoms with Gasteiger partial charge in [-0.05, 0) is 38.2 Å². The number of carbonyl (C=O) groups excluding carboxylic acids is 2. The number of rotatable bonds is 4. The van der Waals surface area contributed by atoms with Gasteiger partial charge in [-0.2, -0.15) is 0 Å². The minimum Gasteiger partial charge on any atom is -0.452 e. The van der Waals surface area contributed by atoms with Gasteiger partial charge in [0.05, 0.1) is 6.10 Å². The van der Waals surface area contributed by atoms with Crippen LogP contribution in [0.5, 0.6) is 0 Å². The van der Waals surface area contributed by atoms with Crippen molar-refractivity contribution in [2.24, 2.45) is 0 Å². The number of carbonyl (C=O) groups is 2. The maximum atomic E-state index is 11.2. The quantitative estimate of drug-likeness (QED) is 0.589. The molecule has 3 atom stereocenters. The van der Waals surface area contributed by atoms with E-state index >= 15 is 0 Å². The molecule has 116 valence electrons. The van der Waals surface area contributed by atoms with Gasteiger partial charge >= 0.3 is 11.9 Å². The van der Waals surface area contributed by atoms with Crippen molar-refractivity contribution in [2.45, 2.75) is 64.4 Å². The fourth-order valence-electron chi connectivity index (χ4n) is 2.63. The van der Waals surface area contributed by atoms with Crippen LogP contribution >= 0.6 is 0 Å². The van der Waals surface area contributed by atoms with Crippen molar-refractivity contribution >= 4 is 11.9 Å². The smallest absolute Gasteiger partial charge is 0.305 e. The average molecular weight is 294 g/mol. The maximum Gasteiger partial charge on any atom is 0.305 e. The van der Waals surface area contributed by atoms with Crippen LogP contribution in [0.2, 0.25) is 0 Å². The van der Waals surface area contributed by atoms with Gasteiger partial charge in [0.1, 0.15) is 0 Å². The molecular weight excluding hydrogens is 272 g/mol. The normalized spacial score (nSPS) is 28.7. The Morgan fingerprint density at radius 3 is 2.57 bits per heavy atom. The molecule has 0 N–H and O–H groups in total. The molecule has 1 heterocycles. The summed E-state index contributed by atoms with van der Waals surface area (Å²) in [5.41, 5.74) is 1.38. The molecule has 5 nitrogen and oxygen atoms in total. The first-order valence-electron chi connectivity index (χ1n) is 7.40. The lowest BCUT2D eigenvalue weighted by molar-refractivity contribution is -0.215. The highest BCUT2D eigenvalue weighted by atomic mass is 16.7. The molecule has 1 aliphatic heterocycles. The number of allylic oxidation sites excluding steroid dienone is 1. The van der Waals surface area contributed by atoms with Gasteiger partial charge in [-0.1, -0.05) is 17.7 Å². The molecule has 0 aromatic carbocycles. The molecule has 0 amide bonds. The van der Waals surface area contributed by atoms with Gasteiger partial charge in [-0.15, -0.1) is 0 Å². The first-order valence-corrected chi connectivity index (χ1v) is 7.40. The zero-order valence-corrected chi connectivity index (χ0v) is 12.5. The van der Waals surface area contributed by atoms with E-state index in [4.69, 9.17) is 14.2 Å². The summed E-state index contributed by atoms with van der Waals surface area (Å²) in [6.45, 7) is 2.63. The van der Waals surface area contributed by atoms with Gasteiger partial charge in [-0.25, -0.2) is 0 Å². The molecule has 0 fully saturated rings. The van der Waals surface area contributed by atoms with Crippen LogP contribution in [-0.2, 0) is 23.8 Å². The summed E-state index contributed by atoms with van der Waals surface area (Å²) in [6, 6.07) is 0. The molecule has 0 saturated carbocycles. The Bertz CT molecular complexity index is 452. The molecule has 0 spiro atoms. The summed E-state index contributed by atoms with van der Waals surface area (Å²) < 4.78 is 16.0. The number of ether oxygens (including phenoxy) is 3. The standard InChI is InChI=1S/C16H22O5/c1-11(17)19-15-9-8-14(21-16(15)20-12(2)18)10-13-6-4-3-5-7-13/h6,8-9,14-16H,3-5,7,10H2,1-2H3/t14-,15-,16-/m0/s1. The third-order valence-corrected chi connectivity index (χ3v) is 3.53. The minimum atomic E-state index is -0.870. The van der Waals surface area contributed by atoms with Crippen LogP contribution in [0.1, 0.15) is 46.0 Å². The van der Waals surface area contributed by atoms with Crippen LogP contribution in [0.4, 0.5) is 0 Å². The van der Waals surface area contributed by atoms with E-state index in [-0.39, 0.29) is 6.10 Å². The molecule has 0 aromatic rings. The van der Waals surface area contributed by atoms with E-state index in [1.807, 2.05) is 6.08 Å². The molecule has 0 aromatic heterocycles. The minimum absolute atomic E-state index is 0.148. The predicted octanol–water partition coefficient (Wildman–Crippen LogP) is 2.65. The Morgan fingerprint density at radius 2 is 1.95 bits per heavy atom. The van der Waals surface area contributed by atoms with Gasteiger partial charge in [0.25, 0.3) is 0 Å². The van der Waals surface area contributed by atoms with Crippen LogP contribution < -0.4 is 0 Å². The van der Waals surface area contributed by atoms with Crippen LogP contribution in [0.25, 0.3) is 0 Å². The summed E-state index contributed by atoms with van der Waals surface area (Å²) >= 11 is 0. The molecule has 2 rings (SSSR count). The summed E-state index contributed by atoms with van der Waals surface area (Å²) in [5.74, 6) is -0.887. The predicted molar refractivity (Wildman–Crippen MR) is 76.3 cm³/mol. The number of hydrogen-bond donors (Lipinski definition) is 0. The van der Waals surface area contributed by atoms with Crippen LogP contribution in [0, 0.1) is 0 Å². The Balaban J connectivity index is 2.00. The van der Waals surface area contributed by atoms with Crippen molar-refractivity contribution in [2.75, 3.05) is 0 Å². The van der Waals surface area contributed by atoms with Crippen molar-refractivity contribution in [3.8, 4) is 0 Å². The van der Waals surface area contributed by atoms with Crippen LogP contribution in [0.3, 0.4) is 0 Å². The first-order chi connectivity index (χ1) is 10.0. The van der Waals surface area contributed by atoms with E-state index in [0.29, 0.717) is 0 Å². The van der Waals surface area contributed by atoms with E-state index in [2.05, 4.69) is 6.08 Å². The Kier molecular flexibility index (Phi) is 5.56. The highest BCUT2D eigenvalue weighted by Crippen LogP contribution is 2.26. The van der Waals surface area contributed by atoms with E-state index in [0.717, 1.165) is 19.3 Å². The lowest BCUT2D eigenvalue weighted by Crippen LogP contribution is -2.40. The summed E-state index contributed by atoms with van der Waals surface area (Å²) in [6.07, 6.45) is 9.66. The molecule has 0 saturated heterocycles. The fourth-order valence-corrected chi connectivity index (χ4v) is 2.63. The van der Waals surface area contributed by atoms with Crippen LogP contribution in [-0.4, -0.2) is 30.4 Å². The first kappa shape index (κ1) is 15.8. The van der Waals surface area contributed by atoms with Crippen molar-refractivity contribution in [3.63, 3.8) is 0 Å². The van der Waals surface area contributed by atoms with Crippen molar-refractivity contribution in [1.82, 2.24) is 0 Å². The molecule has 5 heteroatoms. The second kappa shape index (κ2) is 7.41. The highest BCUT2D eigenvalue weighted by molar-refractivity contribution is 5.67. The SMILES string of the molecule is CC(=O)O[C@H]1O[C@H](CC2=CCCCC2)C=C[C@@H]1OC(C)=O. The van der Waals surface area contributed by atoms with Gasteiger partial charge < -0.3 is 14.2 Å². The van der Waals surface area contributed by atoms with E-state index < -0.39 is 24.3 Å². The lowest BCUT2D eigenvalue weighted by atomic mass is 9.94. The lowest BCUT2D eigenvalue weighted by Gasteiger charge is -2.31. The van der Waals surface area contributed by atoms with E-state index in [1.165, 1.54) is 32.3 Å². The van der Waals surface area contributed by atoms with Crippen LogP contribution in [0.15, 0.2) is 23.8 Å². The molecule has 1 aliphatic carbocycles. The number of hydrogen-bond acceptors (Lipinski definition) is 5. The van der Waals surface area contributed by atoms with Gasteiger partial charge in [0.2, 0.25) is 6.29 Å². The van der Waals surface area contributed by atoms with Crippen molar-refractivity contribution in [1.29, 1.82) is 0 Å². The summed E-state index contributed by atoms with van der Waals surface area (Å²) in [4.78, 5) is 22.2. The maximum absolute atomic E-state index is 11.2. The van der Waals surface area contributed by atoms with Gasteiger partial charge in [-0.3, -0.25) is 9.59 Å². The zero-order chi connectivity index (χ0) is 15.2. The highest BCUT2D eigenvalue weighted by Gasteiger charge is 2.32. The molecule has 0 bridgehead atoms.